The molecule has 0 aromatic heterocycles. The number of alkyl halides is 6. The smallest absolute Gasteiger partial charge is 0.416 e. The normalized spacial score (nSPS) is 18.8. The standard InChI is InChI=1S/C27H24F6N2O3/c1-17(18-12-20(26(28,29)30)14-21(13-18)27(31,32)33)38-16-25(19-6-4-3-5-7-19)15-35(24(36)34-25)22-8-10-23(37-2)11-9-22/h3-14,17H,15-16H2,1-2H3,(H,34,36)/t17-,25-/m1/s1. The number of methoxy groups -OCH3 is 1. The number of carbonyl (C=O) groups excluding carboxylic acids is 1. The van der Waals surface area contributed by atoms with Gasteiger partial charge in [0.25, 0.3) is 0 Å². The third-order valence-corrected chi connectivity index (χ3v) is 6.39. The highest BCUT2D eigenvalue weighted by Gasteiger charge is 2.45. The van der Waals surface area contributed by atoms with Crippen LogP contribution in [0.25, 0.3) is 0 Å². The first-order valence-corrected chi connectivity index (χ1v) is 11.5. The van der Waals surface area contributed by atoms with Crippen molar-refractivity contribution < 1.29 is 40.6 Å². The Bertz CT molecular complexity index is 1250. The highest BCUT2D eigenvalue weighted by Crippen LogP contribution is 2.39. The first kappa shape index (κ1) is 27.3. The first-order chi connectivity index (χ1) is 17.8. The molecule has 2 amide bonds. The van der Waals surface area contributed by atoms with E-state index in [1.807, 2.05) is 0 Å². The van der Waals surface area contributed by atoms with Gasteiger partial charge in [0, 0.05) is 5.69 Å². The van der Waals surface area contributed by atoms with Crippen LogP contribution in [-0.4, -0.2) is 26.3 Å². The fraction of sp³-hybridized carbons (Fsp3) is 0.296. The molecule has 38 heavy (non-hydrogen) atoms. The second-order valence-corrected chi connectivity index (χ2v) is 8.95. The molecule has 1 saturated heterocycles. The summed E-state index contributed by atoms with van der Waals surface area (Å²) in [6, 6.07) is 16.5. The van der Waals surface area contributed by atoms with Gasteiger partial charge in [0.05, 0.1) is 37.5 Å². The first-order valence-electron chi connectivity index (χ1n) is 11.5. The lowest BCUT2D eigenvalue weighted by molar-refractivity contribution is -0.143. The van der Waals surface area contributed by atoms with Gasteiger partial charge in [-0.15, -0.1) is 0 Å². The summed E-state index contributed by atoms with van der Waals surface area (Å²) < 4.78 is 91.1. The van der Waals surface area contributed by atoms with E-state index in [1.165, 1.54) is 18.9 Å². The van der Waals surface area contributed by atoms with E-state index in [-0.39, 0.29) is 24.8 Å². The van der Waals surface area contributed by atoms with Crippen molar-refractivity contribution in [1.29, 1.82) is 0 Å². The van der Waals surface area contributed by atoms with Crippen LogP contribution >= 0.6 is 0 Å². The van der Waals surface area contributed by atoms with Crippen LogP contribution in [0.1, 0.15) is 35.3 Å². The number of ether oxygens (including phenoxy) is 2. The molecule has 3 aromatic carbocycles. The minimum absolute atomic E-state index is 0.0750. The van der Waals surface area contributed by atoms with Crippen LogP contribution in [0.2, 0.25) is 0 Å². The van der Waals surface area contributed by atoms with Crippen LogP contribution in [0, 0.1) is 0 Å². The Hall–Kier alpha value is -3.73. The largest absolute Gasteiger partial charge is 0.497 e. The summed E-state index contributed by atoms with van der Waals surface area (Å²) in [7, 11) is 1.51. The van der Waals surface area contributed by atoms with E-state index in [4.69, 9.17) is 9.47 Å². The summed E-state index contributed by atoms with van der Waals surface area (Å²) in [6.07, 6.45) is -11.1. The second-order valence-electron chi connectivity index (χ2n) is 8.95. The third-order valence-electron chi connectivity index (χ3n) is 6.39. The molecular weight excluding hydrogens is 514 g/mol. The molecule has 1 fully saturated rings. The van der Waals surface area contributed by atoms with E-state index < -0.39 is 41.2 Å². The minimum Gasteiger partial charge on any atom is -0.497 e. The van der Waals surface area contributed by atoms with Gasteiger partial charge in [-0.05, 0) is 60.5 Å². The van der Waals surface area contributed by atoms with Crippen molar-refractivity contribution in [2.75, 3.05) is 25.2 Å². The highest BCUT2D eigenvalue weighted by atomic mass is 19.4. The maximum Gasteiger partial charge on any atom is 0.416 e. The Labute approximate surface area is 215 Å². The lowest BCUT2D eigenvalue weighted by Gasteiger charge is -2.31. The lowest BCUT2D eigenvalue weighted by Crippen LogP contribution is -2.45. The van der Waals surface area contributed by atoms with E-state index in [1.54, 1.807) is 54.6 Å². The monoisotopic (exact) mass is 538 g/mol. The summed E-state index contributed by atoms with van der Waals surface area (Å²) in [5.41, 5.74) is -3.02. The minimum atomic E-state index is -4.97. The molecule has 0 aliphatic carbocycles. The molecule has 5 nitrogen and oxygen atoms in total. The fourth-order valence-corrected chi connectivity index (χ4v) is 4.29. The number of halogens is 6. The molecule has 0 radical (unpaired) electrons. The molecule has 0 unspecified atom stereocenters. The molecule has 3 aromatic rings. The molecule has 1 heterocycles. The van der Waals surface area contributed by atoms with Crippen molar-refractivity contribution in [1.82, 2.24) is 5.32 Å². The number of nitrogens with zero attached hydrogens (tertiary/aromatic N) is 1. The molecule has 0 spiro atoms. The van der Waals surface area contributed by atoms with Gasteiger partial charge < -0.3 is 14.8 Å². The van der Waals surface area contributed by atoms with Crippen molar-refractivity contribution in [2.45, 2.75) is 30.9 Å². The number of benzene rings is 3. The Morgan fingerprint density at radius 2 is 1.50 bits per heavy atom. The maximum atomic E-state index is 13.3. The molecule has 1 N–H and O–H groups in total. The number of hydrogen-bond donors (Lipinski definition) is 1. The molecule has 1 aliphatic heterocycles. The fourth-order valence-electron chi connectivity index (χ4n) is 4.29. The second kappa shape index (κ2) is 10.2. The average Bonchev–Trinajstić information content (AvgIpc) is 3.24. The Balaban J connectivity index is 1.64. The van der Waals surface area contributed by atoms with Gasteiger partial charge in [-0.2, -0.15) is 26.3 Å². The molecule has 0 saturated carbocycles. The van der Waals surface area contributed by atoms with Gasteiger partial charge in [-0.25, -0.2) is 4.79 Å². The average molecular weight is 538 g/mol. The lowest BCUT2D eigenvalue weighted by atomic mass is 9.91. The van der Waals surface area contributed by atoms with Crippen molar-refractivity contribution >= 4 is 11.7 Å². The van der Waals surface area contributed by atoms with Gasteiger partial charge in [0.15, 0.2) is 0 Å². The third kappa shape index (κ3) is 5.72. The van der Waals surface area contributed by atoms with Crippen LogP contribution < -0.4 is 15.0 Å². The Morgan fingerprint density at radius 1 is 0.921 bits per heavy atom. The van der Waals surface area contributed by atoms with E-state index in [0.29, 0.717) is 29.1 Å². The molecule has 202 valence electrons. The van der Waals surface area contributed by atoms with Gasteiger partial charge in [0.1, 0.15) is 11.3 Å². The van der Waals surface area contributed by atoms with Gasteiger partial charge in [-0.1, -0.05) is 30.3 Å². The van der Waals surface area contributed by atoms with E-state index in [0.717, 1.165) is 0 Å². The zero-order chi connectivity index (χ0) is 27.7. The van der Waals surface area contributed by atoms with Crippen molar-refractivity contribution in [3.05, 3.63) is 95.1 Å². The quantitative estimate of drug-likeness (QED) is 0.332. The summed E-state index contributed by atoms with van der Waals surface area (Å²) >= 11 is 0. The molecule has 4 rings (SSSR count). The molecule has 11 heteroatoms. The van der Waals surface area contributed by atoms with Gasteiger partial charge >= 0.3 is 18.4 Å². The van der Waals surface area contributed by atoms with Crippen LogP contribution in [0.15, 0.2) is 72.8 Å². The highest BCUT2D eigenvalue weighted by molar-refractivity contribution is 5.95. The van der Waals surface area contributed by atoms with Gasteiger partial charge in [0.2, 0.25) is 0 Å². The van der Waals surface area contributed by atoms with Crippen molar-refractivity contribution in [3.63, 3.8) is 0 Å². The number of amides is 2. The number of hydrogen-bond acceptors (Lipinski definition) is 3. The number of nitrogens with one attached hydrogen (secondary N) is 1. The van der Waals surface area contributed by atoms with Crippen LogP contribution in [0.3, 0.4) is 0 Å². The van der Waals surface area contributed by atoms with Crippen LogP contribution in [0.5, 0.6) is 5.75 Å². The zero-order valence-corrected chi connectivity index (χ0v) is 20.4. The maximum absolute atomic E-state index is 13.3. The van der Waals surface area contributed by atoms with E-state index in [9.17, 15) is 31.1 Å². The summed E-state index contributed by atoms with van der Waals surface area (Å²) in [5, 5.41) is 2.91. The summed E-state index contributed by atoms with van der Waals surface area (Å²) in [6.45, 7) is 1.26. The summed E-state index contributed by atoms with van der Waals surface area (Å²) in [5.74, 6) is 0.596. The Kier molecular flexibility index (Phi) is 7.33. The van der Waals surface area contributed by atoms with Gasteiger partial charge in [-0.3, -0.25) is 4.90 Å². The van der Waals surface area contributed by atoms with Crippen LogP contribution in [0.4, 0.5) is 36.8 Å². The number of anilines is 1. The van der Waals surface area contributed by atoms with Crippen molar-refractivity contribution in [3.8, 4) is 5.75 Å². The predicted octanol–water partition coefficient (Wildman–Crippen LogP) is 6.94. The van der Waals surface area contributed by atoms with Crippen molar-refractivity contribution in [2.24, 2.45) is 0 Å². The Morgan fingerprint density at radius 3 is 2.03 bits per heavy atom. The summed E-state index contributed by atoms with van der Waals surface area (Å²) in [4.78, 5) is 14.5. The molecular formula is C27H24F6N2O3. The zero-order valence-electron chi connectivity index (χ0n) is 20.4. The van der Waals surface area contributed by atoms with Crippen LogP contribution in [-0.2, 0) is 22.6 Å². The SMILES string of the molecule is COc1ccc(N2C[C@@](CO[C@H](C)c3cc(C(F)(F)F)cc(C(F)(F)F)c3)(c3ccccc3)NC2=O)cc1. The topological polar surface area (TPSA) is 50.8 Å². The predicted molar refractivity (Wildman–Crippen MR) is 128 cm³/mol. The molecule has 1 aliphatic rings. The molecule has 2 atom stereocenters. The number of carbonyl (C=O) groups is 1. The van der Waals surface area contributed by atoms with E-state index >= 15 is 0 Å². The number of urea groups is 1. The number of rotatable bonds is 7. The molecule has 0 bridgehead atoms. The van der Waals surface area contributed by atoms with E-state index in [2.05, 4.69) is 5.32 Å².